The van der Waals surface area contributed by atoms with Crippen LogP contribution in [0.1, 0.15) is 63.0 Å². The molecule has 0 aliphatic heterocycles. The average Bonchev–Trinajstić information content (AvgIpc) is 2.99. The maximum atomic E-state index is 6.15. The van der Waals surface area contributed by atoms with Crippen LogP contribution in [-0.2, 0) is 19.3 Å². The van der Waals surface area contributed by atoms with Crippen molar-refractivity contribution >= 4 is 22.8 Å². The topological polar surface area (TPSA) is 35.6 Å². The zero-order valence-electron chi connectivity index (χ0n) is 12.4. The molecule has 4 nitrogen and oxygen atoms in total. The second-order valence-electron chi connectivity index (χ2n) is 5.82. The van der Waals surface area contributed by atoms with Gasteiger partial charge in [0.1, 0.15) is 11.3 Å². The highest BCUT2D eigenvalue weighted by Crippen LogP contribution is 2.33. The third-order valence-electron chi connectivity index (χ3n) is 4.36. The van der Waals surface area contributed by atoms with E-state index < -0.39 is 0 Å². The molecule has 0 spiro atoms. The fourth-order valence-corrected chi connectivity index (χ4v) is 3.66. The number of rotatable bonds is 4. The number of fused-ring (bicyclic) bond motifs is 1. The average molecular weight is 295 g/mol. The van der Waals surface area contributed by atoms with Gasteiger partial charge in [0.2, 0.25) is 0 Å². The van der Waals surface area contributed by atoms with E-state index in [1.165, 1.54) is 32.1 Å². The summed E-state index contributed by atoms with van der Waals surface area (Å²) in [5.74, 6) is 1.50. The largest absolute Gasteiger partial charge is 0.309 e. The second-order valence-corrected chi connectivity index (χ2v) is 6.08. The summed E-state index contributed by atoms with van der Waals surface area (Å²) in [5.41, 5.74) is 3.34. The minimum atomic E-state index is 0.483. The zero-order valence-corrected chi connectivity index (χ0v) is 13.2. The number of aromatic nitrogens is 4. The number of imidazole rings is 1. The maximum Gasteiger partial charge on any atom is 0.158 e. The van der Waals surface area contributed by atoms with Crippen molar-refractivity contribution in [1.29, 1.82) is 0 Å². The lowest BCUT2D eigenvalue weighted by Crippen LogP contribution is -2.16. The smallest absolute Gasteiger partial charge is 0.158 e. The van der Waals surface area contributed by atoms with Gasteiger partial charge in [0, 0.05) is 13.1 Å². The van der Waals surface area contributed by atoms with E-state index in [4.69, 9.17) is 16.6 Å². The van der Waals surface area contributed by atoms with Crippen molar-refractivity contribution in [2.24, 2.45) is 7.05 Å². The van der Waals surface area contributed by atoms with Crippen molar-refractivity contribution in [2.45, 2.75) is 63.8 Å². The van der Waals surface area contributed by atoms with E-state index in [1.807, 2.05) is 11.7 Å². The molecule has 1 saturated carbocycles. The number of hydrogen-bond acceptors (Lipinski definition) is 2. The van der Waals surface area contributed by atoms with Crippen molar-refractivity contribution in [1.82, 2.24) is 19.3 Å². The van der Waals surface area contributed by atoms with Crippen LogP contribution in [0.5, 0.6) is 0 Å². The van der Waals surface area contributed by atoms with Gasteiger partial charge in [0.05, 0.1) is 11.6 Å². The van der Waals surface area contributed by atoms with E-state index in [0.29, 0.717) is 11.9 Å². The van der Waals surface area contributed by atoms with Gasteiger partial charge in [-0.15, -0.1) is 11.6 Å². The van der Waals surface area contributed by atoms with E-state index in [9.17, 15) is 0 Å². The fraction of sp³-hybridized carbons (Fsp3) is 0.733. The highest BCUT2D eigenvalue weighted by molar-refractivity contribution is 6.16. The SMILES string of the molecule is CCCc1nn(C)c2c1nc(CCl)n2C1CCCCC1. The normalized spacial score (nSPS) is 17.1. The minimum absolute atomic E-state index is 0.483. The molecule has 2 aromatic rings. The summed E-state index contributed by atoms with van der Waals surface area (Å²) in [6, 6.07) is 0.548. The Morgan fingerprint density at radius 3 is 2.65 bits per heavy atom. The summed E-state index contributed by atoms with van der Waals surface area (Å²) in [7, 11) is 2.03. The molecule has 0 bridgehead atoms. The summed E-state index contributed by atoms with van der Waals surface area (Å²) in [6.07, 6.45) is 8.54. The van der Waals surface area contributed by atoms with Gasteiger partial charge in [-0.2, -0.15) is 5.10 Å². The molecule has 0 N–H and O–H groups in total. The summed E-state index contributed by atoms with van der Waals surface area (Å²) in [6.45, 7) is 2.18. The molecular weight excluding hydrogens is 272 g/mol. The molecule has 20 heavy (non-hydrogen) atoms. The number of halogens is 1. The highest BCUT2D eigenvalue weighted by atomic mass is 35.5. The Balaban J connectivity index is 2.13. The third-order valence-corrected chi connectivity index (χ3v) is 4.59. The Hall–Kier alpha value is -1.03. The molecule has 0 atom stereocenters. The first kappa shape index (κ1) is 13.9. The summed E-state index contributed by atoms with van der Waals surface area (Å²) in [4.78, 5) is 4.79. The molecule has 0 radical (unpaired) electrons. The number of hydrogen-bond donors (Lipinski definition) is 0. The predicted octanol–water partition coefficient (Wildman–Crippen LogP) is 3.97. The van der Waals surface area contributed by atoms with E-state index in [2.05, 4.69) is 16.6 Å². The Bertz CT molecular complexity index is 593. The van der Waals surface area contributed by atoms with Gasteiger partial charge in [0.15, 0.2) is 5.65 Å². The van der Waals surface area contributed by atoms with Crippen molar-refractivity contribution in [3.8, 4) is 0 Å². The standard InChI is InChI=1S/C15H23ClN4/c1-3-7-12-14-15(19(2)18-12)20(13(10-16)17-14)11-8-5-4-6-9-11/h11H,3-10H2,1-2H3. The fourth-order valence-electron chi connectivity index (χ4n) is 3.47. The molecule has 2 heterocycles. The predicted molar refractivity (Wildman–Crippen MR) is 82.2 cm³/mol. The van der Waals surface area contributed by atoms with Crippen LogP contribution in [0.3, 0.4) is 0 Å². The van der Waals surface area contributed by atoms with E-state index in [-0.39, 0.29) is 0 Å². The first-order chi connectivity index (χ1) is 9.76. The Labute approximate surface area is 125 Å². The van der Waals surface area contributed by atoms with Gasteiger partial charge in [-0.25, -0.2) is 4.98 Å². The maximum absolute atomic E-state index is 6.15. The van der Waals surface area contributed by atoms with Gasteiger partial charge < -0.3 is 4.57 Å². The van der Waals surface area contributed by atoms with Gasteiger partial charge in [-0.1, -0.05) is 32.6 Å². The Morgan fingerprint density at radius 2 is 2.00 bits per heavy atom. The summed E-state index contributed by atoms with van der Waals surface area (Å²) in [5, 5.41) is 4.66. The molecule has 0 amide bonds. The monoisotopic (exact) mass is 294 g/mol. The second kappa shape index (κ2) is 5.76. The van der Waals surface area contributed by atoms with Gasteiger partial charge in [0.25, 0.3) is 0 Å². The summed E-state index contributed by atoms with van der Waals surface area (Å²) >= 11 is 6.15. The van der Waals surface area contributed by atoms with Gasteiger partial charge in [-0.3, -0.25) is 4.68 Å². The first-order valence-corrected chi connectivity index (χ1v) is 8.28. The lowest BCUT2D eigenvalue weighted by Gasteiger charge is -2.25. The molecule has 0 unspecified atom stereocenters. The Morgan fingerprint density at radius 1 is 1.25 bits per heavy atom. The molecule has 3 rings (SSSR count). The first-order valence-electron chi connectivity index (χ1n) is 7.75. The third kappa shape index (κ3) is 2.24. The van der Waals surface area contributed by atoms with E-state index in [1.54, 1.807) is 0 Å². The molecule has 1 aliphatic carbocycles. The van der Waals surface area contributed by atoms with Crippen molar-refractivity contribution in [2.75, 3.05) is 0 Å². The minimum Gasteiger partial charge on any atom is -0.309 e. The van der Waals surface area contributed by atoms with Crippen molar-refractivity contribution in [3.63, 3.8) is 0 Å². The van der Waals surface area contributed by atoms with Gasteiger partial charge >= 0.3 is 0 Å². The van der Waals surface area contributed by atoms with Crippen LogP contribution >= 0.6 is 11.6 Å². The number of alkyl halides is 1. The van der Waals surface area contributed by atoms with Crippen molar-refractivity contribution < 1.29 is 0 Å². The Kier molecular flexibility index (Phi) is 4.01. The van der Waals surface area contributed by atoms with Crippen LogP contribution < -0.4 is 0 Å². The molecule has 110 valence electrons. The van der Waals surface area contributed by atoms with Crippen LogP contribution in [-0.4, -0.2) is 19.3 Å². The number of aryl methyl sites for hydroxylation is 2. The molecule has 0 saturated heterocycles. The molecule has 1 aliphatic rings. The lowest BCUT2D eigenvalue weighted by atomic mass is 9.95. The molecule has 1 fully saturated rings. The zero-order chi connectivity index (χ0) is 14.1. The molecule has 2 aromatic heterocycles. The molecule has 5 heteroatoms. The quantitative estimate of drug-likeness (QED) is 0.800. The van der Waals surface area contributed by atoms with Crippen LogP contribution in [0.25, 0.3) is 11.2 Å². The van der Waals surface area contributed by atoms with Crippen LogP contribution in [0.15, 0.2) is 0 Å². The van der Waals surface area contributed by atoms with Gasteiger partial charge in [-0.05, 0) is 19.3 Å². The molecule has 0 aromatic carbocycles. The van der Waals surface area contributed by atoms with Crippen LogP contribution in [0.4, 0.5) is 0 Å². The van der Waals surface area contributed by atoms with Crippen LogP contribution in [0, 0.1) is 0 Å². The van der Waals surface area contributed by atoms with E-state index >= 15 is 0 Å². The number of nitrogens with zero attached hydrogens (tertiary/aromatic N) is 4. The highest BCUT2D eigenvalue weighted by Gasteiger charge is 2.24. The molecular formula is C15H23ClN4. The summed E-state index contributed by atoms with van der Waals surface area (Å²) < 4.78 is 4.37. The van der Waals surface area contributed by atoms with Crippen molar-refractivity contribution in [3.05, 3.63) is 11.5 Å². The lowest BCUT2D eigenvalue weighted by molar-refractivity contribution is 0.351. The van der Waals surface area contributed by atoms with E-state index in [0.717, 1.165) is 35.5 Å². The van der Waals surface area contributed by atoms with Crippen LogP contribution in [0.2, 0.25) is 0 Å².